The fourth-order valence-electron chi connectivity index (χ4n) is 3.63. The van der Waals surface area contributed by atoms with E-state index in [0.717, 1.165) is 41.4 Å². The number of hydrogen-bond acceptors (Lipinski definition) is 5. The summed E-state index contributed by atoms with van der Waals surface area (Å²) >= 11 is 0. The number of carbonyl (C=O) groups excluding carboxylic acids is 2. The maximum Gasteiger partial charge on any atom is 0.408 e. The molecular weight excluding hydrogens is 416 g/mol. The highest BCUT2D eigenvalue weighted by atomic mass is 16.6. The highest BCUT2D eigenvalue weighted by Crippen LogP contribution is 2.24. The Morgan fingerprint density at radius 2 is 1.82 bits per heavy atom. The normalized spacial score (nSPS) is 12.5. The van der Waals surface area contributed by atoms with Crippen LogP contribution >= 0.6 is 0 Å². The number of aromatic amines is 1. The van der Waals surface area contributed by atoms with E-state index in [9.17, 15) is 9.59 Å². The van der Waals surface area contributed by atoms with E-state index in [1.165, 1.54) is 0 Å². The minimum absolute atomic E-state index is 0.289. The van der Waals surface area contributed by atoms with Crippen molar-refractivity contribution in [1.82, 2.24) is 20.3 Å². The average molecular weight is 451 g/mol. The molecule has 0 saturated heterocycles. The third-order valence-electron chi connectivity index (χ3n) is 5.37. The van der Waals surface area contributed by atoms with Crippen LogP contribution in [0.1, 0.15) is 78.1 Å². The maximum absolute atomic E-state index is 12.5. The number of imidazole rings is 1. The second kappa shape index (κ2) is 11.1. The van der Waals surface area contributed by atoms with E-state index < -0.39 is 11.7 Å². The summed E-state index contributed by atoms with van der Waals surface area (Å²) in [5.74, 6) is 0.951. The van der Waals surface area contributed by atoms with Crippen molar-refractivity contribution in [3.05, 3.63) is 48.5 Å². The molecule has 2 heterocycles. The molecule has 0 aliphatic heterocycles. The van der Waals surface area contributed by atoms with E-state index in [-0.39, 0.29) is 11.8 Å². The number of rotatable bonds is 10. The smallest absolute Gasteiger partial charge is 0.408 e. The van der Waals surface area contributed by atoms with Crippen LogP contribution in [0, 0.1) is 0 Å². The second-order valence-electron chi connectivity index (χ2n) is 9.29. The Labute approximate surface area is 195 Å². The van der Waals surface area contributed by atoms with Gasteiger partial charge in [0, 0.05) is 24.4 Å². The zero-order valence-corrected chi connectivity index (χ0v) is 20.0. The lowest BCUT2D eigenvalue weighted by Crippen LogP contribution is -2.35. The summed E-state index contributed by atoms with van der Waals surface area (Å²) in [6.07, 6.45) is 7.64. The molecule has 0 bridgehead atoms. The Kier molecular flexibility index (Phi) is 8.20. The zero-order valence-electron chi connectivity index (χ0n) is 20.0. The lowest BCUT2D eigenvalue weighted by molar-refractivity contribution is -0.118. The molecule has 1 aromatic carbocycles. The summed E-state index contributed by atoms with van der Waals surface area (Å²) in [6, 6.07) is 9.76. The van der Waals surface area contributed by atoms with Crippen molar-refractivity contribution in [3.8, 4) is 11.4 Å². The standard InChI is InChI=1S/C26H34N4O3/c1-5-20(31)13-7-6-8-14-21(30-25(32)33-26(2,3)4)24-28-17-23(29-24)22-15-18-11-9-10-12-19(18)16-27-22/h9-12,15-17,21H,5-8,13-14H2,1-4H3,(H,28,29)(H,30,32)/t21-/m0/s1. The van der Waals surface area contributed by atoms with Gasteiger partial charge < -0.3 is 15.0 Å². The number of nitrogens with one attached hydrogen (secondary N) is 2. The van der Waals surface area contributed by atoms with Crippen LogP contribution in [0.15, 0.2) is 42.7 Å². The van der Waals surface area contributed by atoms with Crippen LogP contribution in [-0.2, 0) is 9.53 Å². The van der Waals surface area contributed by atoms with Crippen LogP contribution in [0.4, 0.5) is 4.79 Å². The first-order chi connectivity index (χ1) is 15.7. The van der Waals surface area contributed by atoms with Crippen LogP contribution < -0.4 is 5.32 Å². The zero-order chi connectivity index (χ0) is 23.8. The molecular formula is C26H34N4O3. The summed E-state index contributed by atoms with van der Waals surface area (Å²) in [6.45, 7) is 7.40. The van der Waals surface area contributed by atoms with Gasteiger partial charge in [-0.05, 0) is 45.1 Å². The number of ketones is 1. The average Bonchev–Trinajstić information content (AvgIpc) is 3.26. The largest absolute Gasteiger partial charge is 0.444 e. The third kappa shape index (κ3) is 7.41. The number of fused-ring (bicyclic) bond motifs is 1. The van der Waals surface area contributed by atoms with Crippen LogP contribution in [0.3, 0.4) is 0 Å². The van der Waals surface area contributed by atoms with Crippen molar-refractivity contribution in [2.75, 3.05) is 0 Å². The summed E-state index contributed by atoms with van der Waals surface area (Å²) in [5.41, 5.74) is 1.00. The van der Waals surface area contributed by atoms with Crippen LogP contribution in [0.2, 0.25) is 0 Å². The number of aromatic nitrogens is 3. The van der Waals surface area contributed by atoms with Crippen molar-refractivity contribution in [2.45, 2.75) is 77.9 Å². The van der Waals surface area contributed by atoms with Gasteiger partial charge in [0.1, 0.15) is 17.2 Å². The Hall–Kier alpha value is -3.22. The summed E-state index contributed by atoms with van der Waals surface area (Å²) in [4.78, 5) is 36.4. The van der Waals surface area contributed by atoms with Crippen molar-refractivity contribution in [1.29, 1.82) is 0 Å². The van der Waals surface area contributed by atoms with Gasteiger partial charge in [0.2, 0.25) is 0 Å². The summed E-state index contributed by atoms with van der Waals surface area (Å²) in [5, 5.41) is 5.13. The number of unbranched alkanes of at least 4 members (excludes halogenated alkanes) is 2. The van der Waals surface area contributed by atoms with E-state index in [4.69, 9.17) is 4.74 Å². The Bertz CT molecular complexity index is 1080. The molecule has 2 aromatic heterocycles. The van der Waals surface area contributed by atoms with E-state index in [0.29, 0.717) is 25.1 Å². The fraction of sp³-hybridized carbons (Fsp3) is 0.462. The van der Waals surface area contributed by atoms with Gasteiger partial charge in [-0.1, -0.05) is 44.0 Å². The SMILES string of the molecule is CCC(=O)CCCCC[C@H](NC(=O)OC(C)(C)C)c1ncc(-c2cc3ccccc3cn2)[nH]1. The molecule has 176 valence electrons. The van der Waals surface area contributed by atoms with E-state index in [1.807, 2.05) is 64.2 Å². The molecule has 7 nitrogen and oxygen atoms in total. The van der Waals surface area contributed by atoms with Crippen molar-refractivity contribution >= 4 is 22.6 Å². The number of alkyl carbamates (subject to hydrolysis) is 1. The number of nitrogens with zero attached hydrogens (tertiary/aromatic N) is 2. The van der Waals surface area contributed by atoms with Gasteiger partial charge in [0.15, 0.2) is 0 Å². The molecule has 7 heteroatoms. The van der Waals surface area contributed by atoms with Crippen LogP contribution in [0.5, 0.6) is 0 Å². The first-order valence-electron chi connectivity index (χ1n) is 11.7. The van der Waals surface area contributed by atoms with E-state index in [2.05, 4.69) is 20.3 Å². The molecule has 0 saturated carbocycles. The first-order valence-corrected chi connectivity index (χ1v) is 11.7. The molecule has 2 N–H and O–H groups in total. The van der Waals surface area contributed by atoms with Gasteiger partial charge >= 0.3 is 6.09 Å². The number of Topliss-reactive ketones (excluding diaryl/α,β-unsaturated/α-hetero) is 1. The van der Waals surface area contributed by atoms with Gasteiger partial charge in [-0.3, -0.25) is 9.78 Å². The summed E-state index contributed by atoms with van der Waals surface area (Å²) < 4.78 is 5.45. The number of hydrogen-bond donors (Lipinski definition) is 2. The molecule has 0 unspecified atom stereocenters. The highest BCUT2D eigenvalue weighted by Gasteiger charge is 2.22. The molecule has 3 rings (SSSR count). The quantitative estimate of drug-likeness (QED) is 0.363. The molecule has 0 spiro atoms. The highest BCUT2D eigenvalue weighted by molar-refractivity contribution is 5.84. The van der Waals surface area contributed by atoms with Gasteiger partial charge in [-0.15, -0.1) is 0 Å². The topological polar surface area (TPSA) is 97.0 Å². The molecule has 0 radical (unpaired) electrons. The van der Waals surface area contributed by atoms with Crippen LogP contribution in [0.25, 0.3) is 22.2 Å². The molecule has 1 atom stereocenters. The fourth-order valence-corrected chi connectivity index (χ4v) is 3.63. The predicted octanol–water partition coefficient (Wildman–Crippen LogP) is 6.12. The predicted molar refractivity (Wildman–Crippen MR) is 130 cm³/mol. The molecule has 1 amide bonds. The Morgan fingerprint density at radius 3 is 2.55 bits per heavy atom. The maximum atomic E-state index is 12.5. The number of pyridine rings is 1. The van der Waals surface area contributed by atoms with Gasteiger partial charge in [-0.25, -0.2) is 9.78 Å². The van der Waals surface area contributed by atoms with Crippen molar-refractivity contribution < 1.29 is 14.3 Å². The van der Waals surface area contributed by atoms with Crippen molar-refractivity contribution in [3.63, 3.8) is 0 Å². The van der Waals surface area contributed by atoms with Gasteiger partial charge in [0.25, 0.3) is 0 Å². The lowest BCUT2D eigenvalue weighted by Gasteiger charge is -2.23. The molecule has 0 fully saturated rings. The third-order valence-corrected chi connectivity index (χ3v) is 5.37. The van der Waals surface area contributed by atoms with E-state index in [1.54, 1.807) is 6.20 Å². The van der Waals surface area contributed by atoms with Crippen LogP contribution in [-0.4, -0.2) is 32.4 Å². The van der Waals surface area contributed by atoms with Crippen molar-refractivity contribution in [2.24, 2.45) is 0 Å². The monoisotopic (exact) mass is 450 g/mol. The molecule has 0 aliphatic rings. The Balaban J connectivity index is 1.72. The minimum atomic E-state index is -0.585. The Morgan fingerprint density at radius 1 is 1.06 bits per heavy atom. The van der Waals surface area contributed by atoms with Gasteiger partial charge in [0.05, 0.1) is 23.6 Å². The number of benzene rings is 1. The second-order valence-corrected chi connectivity index (χ2v) is 9.29. The number of H-pyrrole nitrogens is 1. The molecule has 3 aromatic rings. The van der Waals surface area contributed by atoms with Gasteiger partial charge in [-0.2, -0.15) is 0 Å². The number of amides is 1. The number of ether oxygens (including phenoxy) is 1. The molecule has 0 aliphatic carbocycles. The number of carbonyl (C=O) groups is 2. The minimum Gasteiger partial charge on any atom is -0.444 e. The molecule has 33 heavy (non-hydrogen) atoms. The lowest BCUT2D eigenvalue weighted by atomic mass is 10.0. The first kappa shape index (κ1) is 24.4. The van der Waals surface area contributed by atoms with E-state index >= 15 is 0 Å². The summed E-state index contributed by atoms with van der Waals surface area (Å²) in [7, 11) is 0.